The molecule has 3 aliphatic rings. The van der Waals surface area contributed by atoms with Crippen LogP contribution in [0.4, 0.5) is 5.69 Å². The van der Waals surface area contributed by atoms with Crippen LogP contribution in [0.25, 0.3) is 0 Å². The number of benzene rings is 2. The van der Waals surface area contributed by atoms with Crippen molar-refractivity contribution in [2.24, 2.45) is 11.1 Å². The Kier molecular flexibility index (Phi) is 5.41. The molecule has 2 aliphatic heterocycles. The molecule has 1 unspecified atom stereocenters. The van der Waals surface area contributed by atoms with E-state index >= 15 is 0 Å². The summed E-state index contributed by atoms with van der Waals surface area (Å²) in [7, 11) is -3.79. The number of fused-ring (bicyclic) bond motifs is 3. The maximum absolute atomic E-state index is 12.0. The van der Waals surface area contributed by atoms with Gasteiger partial charge in [-0.15, -0.1) is 0 Å². The zero-order valence-corrected chi connectivity index (χ0v) is 19.0. The SMILES string of the molecule is NS(=O)(=O)c1ccc2c(c1)N(CC1CCNC1)C[C@@]1(CCCc3cc(Cl)ccc31)CO2. The number of hydrogen-bond acceptors (Lipinski definition) is 5. The first-order valence-corrected chi connectivity index (χ1v) is 12.8. The second-order valence-corrected chi connectivity index (χ2v) is 11.1. The molecule has 2 atom stereocenters. The number of anilines is 1. The lowest BCUT2D eigenvalue weighted by Crippen LogP contribution is -2.47. The second-order valence-electron chi connectivity index (χ2n) is 9.14. The summed E-state index contributed by atoms with van der Waals surface area (Å²) in [6.45, 7) is 4.18. The Labute approximate surface area is 188 Å². The van der Waals surface area contributed by atoms with Crippen LogP contribution in [-0.2, 0) is 21.9 Å². The number of rotatable bonds is 3. The van der Waals surface area contributed by atoms with Crippen molar-refractivity contribution in [1.29, 1.82) is 0 Å². The van der Waals surface area contributed by atoms with Crippen molar-refractivity contribution in [2.45, 2.75) is 36.0 Å². The molecule has 1 saturated heterocycles. The Morgan fingerprint density at radius 2 is 2.13 bits per heavy atom. The number of aryl methyl sites for hydroxylation is 1. The van der Waals surface area contributed by atoms with E-state index < -0.39 is 10.0 Å². The van der Waals surface area contributed by atoms with Gasteiger partial charge in [0.05, 0.1) is 17.2 Å². The molecule has 6 nitrogen and oxygen atoms in total. The number of hydrogen-bond donors (Lipinski definition) is 2. The minimum absolute atomic E-state index is 0.121. The predicted octanol–water partition coefficient (Wildman–Crippen LogP) is 3.07. The Bertz CT molecular complexity index is 1100. The minimum atomic E-state index is -3.79. The van der Waals surface area contributed by atoms with Crippen LogP contribution in [0.1, 0.15) is 30.4 Å². The number of nitrogens with two attached hydrogens (primary N) is 1. The van der Waals surface area contributed by atoms with Gasteiger partial charge in [-0.1, -0.05) is 17.7 Å². The first-order valence-electron chi connectivity index (χ1n) is 10.9. The van der Waals surface area contributed by atoms with Gasteiger partial charge in [0.15, 0.2) is 0 Å². The van der Waals surface area contributed by atoms with Crippen LogP contribution in [0.3, 0.4) is 0 Å². The monoisotopic (exact) mass is 461 g/mol. The summed E-state index contributed by atoms with van der Waals surface area (Å²) in [5.74, 6) is 1.23. The van der Waals surface area contributed by atoms with Gasteiger partial charge in [0.25, 0.3) is 0 Å². The molecule has 3 N–H and O–H groups in total. The van der Waals surface area contributed by atoms with Crippen LogP contribution < -0.4 is 20.1 Å². The van der Waals surface area contributed by atoms with Crippen LogP contribution in [0.15, 0.2) is 41.3 Å². The third-order valence-corrected chi connectivity index (χ3v) is 8.12. The number of nitrogens with one attached hydrogen (secondary N) is 1. The van der Waals surface area contributed by atoms with Crippen LogP contribution in [-0.4, -0.2) is 41.2 Å². The lowest BCUT2D eigenvalue weighted by molar-refractivity contribution is 0.206. The molecule has 2 aromatic rings. The zero-order chi connectivity index (χ0) is 21.6. The summed E-state index contributed by atoms with van der Waals surface area (Å²) >= 11 is 6.29. The third kappa shape index (κ3) is 4.04. The first kappa shape index (κ1) is 21.1. The van der Waals surface area contributed by atoms with E-state index in [4.69, 9.17) is 21.5 Å². The largest absolute Gasteiger partial charge is 0.490 e. The zero-order valence-electron chi connectivity index (χ0n) is 17.4. The summed E-state index contributed by atoms with van der Waals surface area (Å²) in [5, 5.41) is 9.65. The summed E-state index contributed by atoms with van der Waals surface area (Å²) in [5.41, 5.74) is 3.25. The van der Waals surface area contributed by atoms with Gasteiger partial charge >= 0.3 is 0 Å². The molecule has 166 valence electrons. The van der Waals surface area contributed by atoms with Gasteiger partial charge in [-0.05, 0) is 86.1 Å². The molecule has 1 aliphatic carbocycles. The van der Waals surface area contributed by atoms with Gasteiger partial charge in [-0.25, -0.2) is 13.6 Å². The molecule has 0 radical (unpaired) electrons. The van der Waals surface area contributed by atoms with E-state index in [1.165, 1.54) is 17.2 Å². The molecule has 0 saturated carbocycles. The van der Waals surface area contributed by atoms with Crippen molar-refractivity contribution in [3.8, 4) is 5.75 Å². The van der Waals surface area contributed by atoms with Crippen molar-refractivity contribution in [2.75, 3.05) is 37.7 Å². The molecule has 1 spiro atoms. The molecule has 2 aromatic carbocycles. The van der Waals surface area contributed by atoms with Gasteiger partial charge < -0.3 is 15.0 Å². The van der Waals surface area contributed by atoms with Gasteiger partial charge in [0.2, 0.25) is 10.0 Å². The summed E-state index contributed by atoms with van der Waals surface area (Å²) < 4.78 is 30.5. The van der Waals surface area contributed by atoms with Crippen LogP contribution in [0.5, 0.6) is 5.75 Å². The highest BCUT2D eigenvalue weighted by Gasteiger charge is 2.42. The molecule has 0 amide bonds. The van der Waals surface area contributed by atoms with E-state index in [9.17, 15) is 8.42 Å². The number of halogens is 1. The van der Waals surface area contributed by atoms with E-state index in [1.54, 1.807) is 12.1 Å². The highest BCUT2D eigenvalue weighted by atomic mass is 35.5. The van der Waals surface area contributed by atoms with Crippen molar-refractivity contribution < 1.29 is 13.2 Å². The number of sulfonamides is 1. The van der Waals surface area contributed by atoms with E-state index in [-0.39, 0.29) is 10.3 Å². The fraction of sp³-hybridized carbons (Fsp3) is 0.478. The van der Waals surface area contributed by atoms with Crippen molar-refractivity contribution >= 4 is 27.3 Å². The van der Waals surface area contributed by atoms with Gasteiger partial charge in [0, 0.05) is 23.5 Å². The van der Waals surface area contributed by atoms with Gasteiger partial charge in [0.1, 0.15) is 5.75 Å². The third-order valence-electron chi connectivity index (χ3n) is 6.98. The molecule has 31 heavy (non-hydrogen) atoms. The Morgan fingerprint density at radius 3 is 2.90 bits per heavy atom. The summed E-state index contributed by atoms with van der Waals surface area (Å²) in [6.07, 6.45) is 4.23. The predicted molar refractivity (Wildman–Crippen MR) is 123 cm³/mol. The Hall–Kier alpha value is -1.80. The fourth-order valence-electron chi connectivity index (χ4n) is 5.45. The molecular formula is C23H28ClN3O3S. The number of nitrogens with zero attached hydrogens (tertiary/aromatic N) is 1. The Balaban J connectivity index is 1.59. The number of ether oxygens (including phenoxy) is 1. The molecule has 1 fully saturated rings. The Morgan fingerprint density at radius 1 is 1.26 bits per heavy atom. The standard InChI is InChI=1S/C23H28ClN3O3S/c24-18-3-5-20-17(10-18)2-1-8-23(20)14-27(13-16-7-9-26-12-16)21-11-19(31(25,28)29)4-6-22(21)30-15-23/h3-6,10-11,16,26H,1-2,7-9,12-15H2,(H2,25,28,29)/t16?,23-/m0/s1. The highest BCUT2D eigenvalue weighted by molar-refractivity contribution is 7.89. The van der Waals surface area contributed by atoms with Crippen molar-refractivity contribution in [3.05, 3.63) is 52.5 Å². The second kappa shape index (κ2) is 7.96. The van der Waals surface area contributed by atoms with E-state index in [2.05, 4.69) is 22.3 Å². The number of primary sulfonamides is 1. The average molecular weight is 462 g/mol. The smallest absolute Gasteiger partial charge is 0.238 e. The molecule has 0 aromatic heterocycles. The topological polar surface area (TPSA) is 84.7 Å². The maximum Gasteiger partial charge on any atom is 0.238 e. The molecule has 0 bridgehead atoms. The molecule has 8 heteroatoms. The summed E-state index contributed by atoms with van der Waals surface area (Å²) in [4.78, 5) is 2.45. The van der Waals surface area contributed by atoms with Crippen molar-refractivity contribution in [1.82, 2.24) is 5.32 Å². The van der Waals surface area contributed by atoms with Gasteiger partial charge in [-0.3, -0.25) is 0 Å². The minimum Gasteiger partial charge on any atom is -0.490 e. The van der Waals surface area contributed by atoms with Gasteiger partial charge in [-0.2, -0.15) is 0 Å². The van der Waals surface area contributed by atoms with E-state index in [1.807, 2.05) is 6.07 Å². The molecule has 2 heterocycles. The first-order chi connectivity index (χ1) is 14.8. The lowest BCUT2D eigenvalue weighted by Gasteiger charge is -2.41. The normalized spacial score (nSPS) is 25.6. The molecule has 5 rings (SSSR count). The highest BCUT2D eigenvalue weighted by Crippen LogP contribution is 2.45. The van der Waals surface area contributed by atoms with E-state index in [0.717, 1.165) is 68.3 Å². The summed E-state index contributed by atoms with van der Waals surface area (Å²) in [6, 6.07) is 11.2. The van der Waals surface area contributed by atoms with Crippen molar-refractivity contribution in [3.63, 3.8) is 0 Å². The van der Waals surface area contributed by atoms with Crippen LogP contribution >= 0.6 is 11.6 Å². The fourth-order valence-corrected chi connectivity index (χ4v) is 6.18. The average Bonchev–Trinajstić information content (AvgIpc) is 3.19. The van der Waals surface area contributed by atoms with Crippen LogP contribution in [0.2, 0.25) is 5.02 Å². The van der Waals surface area contributed by atoms with Crippen LogP contribution in [0, 0.1) is 5.92 Å². The lowest BCUT2D eigenvalue weighted by atomic mass is 9.70. The molecular weight excluding hydrogens is 434 g/mol. The maximum atomic E-state index is 12.0. The quantitative estimate of drug-likeness (QED) is 0.733. The van der Waals surface area contributed by atoms with E-state index in [0.29, 0.717) is 12.5 Å².